The minimum Gasteiger partial charge on any atom is -0.428 e. The maximum absolute atomic E-state index is 6.21. The number of pyridine rings is 1. The Labute approximate surface area is 162 Å². The van der Waals surface area contributed by atoms with E-state index >= 15 is 0 Å². The summed E-state index contributed by atoms with van der Waals surface area (Å²) in [5, 5.41) is 3.84. The minimum atomic E-state index is -2.64. The Morgan fingerprint density at radius 3 is 2.65 bits per heavy atom. The highest BCUT2D eigenvalue weighted by Crippen LogP contribution is 2.56. The third-order valence-electron chi connectivity index (χ3n) is 4.27. The third-order valence-corrected chi connectivity index (χ3v) is 6.67. The number of hydrogen-bond acceptors (Lipinski definition) is 4. The summed E-state index contributed by atoms with van der Waals surface area (Å²) in [6.45, 7) is 0.573. The highest BCUT2D eigenvalue weighted by atomic mass is 35.5. The van der Waals surface area contributed by atoms with Crippen molar-refractivity contribution in [2.45, 2.75) is 0 Å². The highest BCUT2D eigenvalue weighted by molar-refractivity contribution is 8.12. The molecular weight excluding hydrogens is 391 g/mol. The molecule has 0 amide bonds. The number of rotatable bonds is 2. The maximum atomic E-state index is 6.21. The van der Waals surface area contributed by atoms with Crippen LogP contribution in [0.3, 0.4) is 0 Å². The molecule has 3 heterocycles. The van der Waals surface area contributed by atoms with Gasteiger partial charge in [-0.05, 0) is 48.2 Å². The predicted octanol–water partition coefficient (Wildman–Crippen LogP) is 2.90. The lowest BCUT2D eigenvalue weighted by Crippen LogP contribution is -2.51. The molecule has 0 radical (unpaired) electrons. The van der Waals surface area contributed by atoms with Gasteiger partial charge in [0.2, 0.25) is 0 Å². The zero-order valence-electron chi connectivity index (χ0n) is 13.9. The van der Waals surface area contributed by atoms with Crippen LogP contribution in [0.5, 0.6) is 5.75 Å². The van der Waals surface area contributed by atoms with Crippen LogP contribution in [0.2, 0.25) is 5.02 Å². The van der Waals surface area contributed by atoms with E-state index in [1.54, 1.807) is 12.3 Å². The molecule has 0 bridgehead atoms. The topological polar surface area (TPSA) is 79.0 Å². The fraction of sp³-hybridized carbons (Fsp3) is 0.250. The molecule has 1 aromatic carbocycles. The van der Waals surface area contributed by atoms with Crippen LogP contribution in [0.25, 0.3) is 0 Å². The lowest BCUT2D eigenvalue weighted by molar-refractivity contribution is 0.382. The van der Waals surface area contributed by atoms with Crippen LogP contribution >= 0.6 is 18.2 Å². The Balaban J connectivity index is 1.41. The van der Waals surface area contributed by atoms with E-state index < -0.39 is 6.57 Å². The average molecular weight is 409 g/mol. The van der Waals surface area contributed by atoms with Crippen LogP contribution in [0, 0.1) is 0 Å². The molecule has 1 fully saturated rings. The van der Waals surface area contributed by atoms with E-state index in [0.29, 0.717) is 17.5 Å². The normalized spacial score (nSPS) is 22.6. The van der Waals surface area contributed by atoms with E-state index in [1.807, 2.05) is 35.2 Å². The van der Waals surface area contributed by atoms with Crippen molar-refractivity contribution in [2.24, 2.45) is 10.5 Å². The summed E-state index contributed by atoms with van der Waals surface area (Å²) in [5.41, 5.74) is 7.36. The molecule has 2 aliphatic heterocycles. The fourth-order valence-electron chi connectivity index (χ4n) is 2.93. The van der Waals surface area contributed by atoms with Gasteiger partial charge in [0.05, 0.1) is 0 Å². The zero-order chi connectivity index (χ0) is 18.1. The maximum Gasteiger partial charge on any atom is 0.325 e. The van der Waals surface area contributed by atoms with Crippen LogP contribution in [0.4, 0.5) is 11.5 Å². The van der Waals surface area contributed by atoms with Gasteiger partial charge in [-0.2, -0.15) is 4.76 Å². The number of fused-ring (bicyclic) bond motifs is 1. The van der Waals surface area contributed by atoms with Crippen LogP contribution in [-0.2, 0) is 11.8 Å². The van der Waals surface area contributed by atoms with Gasteiger partial charge in [-0.3, -0.25) is 5.09 Å². The molecule has 1 unspecified atom stereocenters. The number of benzene rings is 1. The second-order valence-corrected chi connectivity index (χ2v) is 9.55. The largest absolute Gasteiger partial charge is 0.428 e. The van der Waals surface area contributed by atoms with E-state index in [-0.39, 0.29) is 0 Å². The molecular formula is C16H18ClN6OPS. The highest BCUT2D eigenvalue weighted by Gasteiger charge is 2.31. The standard InChI is InChI=1S/C16H18ClN6OPS/c17-12-3-5-13(6-4-12)22-8-10-23(11-9-22)16(18)21-25(26)20-15-14(24-25)2-1-7-19-15/h1-7H,8-11H2,(H3,18,19,20,21,26). The first-order valence-electron chi connectivity index (χ1n) is 8.16. The zero-order valence-corrected chi connectivity index (χ0v) is 16.3. The fourth-order valence-corrected chi connectivity index (χ4v) is 5.19. The second-order valence-electron chi connectivity index (χ2n) is 5.98. The van der Waals surface area contributed by atoms with E-state index in [9.17, 15) is 0 Å². The van der Waals surface area contributed by atoms with Crippen LogP contribution in [0.1, 0.15) is 0 Å². The lowest BCUT2D eigenvalue weighted by Gasteiger charge is -2.36. The molecule has 26 heavy (non-hydrogen) atoms. The number of nitrogens with two attached hydrogens (primary N) is 1. The number of nitrogens with zero attached hydrogens (tertiary/aromatic N) is 4. The van der Waals surface area contributed by atoms with Crippen molar-refractivity contribution in [3.05, 3.63) is 47.6 Å². The molecule has 3 N–H and O–H groups in total. The van der Waals surface area contributed by atoms with Crippen molar-refractivity contribution in [3.8, 4) is 5.75 Å². The van der Waals surface area contributed by atoms with Gasteiger partial charge < -0.3 is 20.1 Å². The number of piperazine rings is 1. The first-order valence-corrected chi connectivity index (χ1v) is 11.2. The number of guanidine groups is 1. The Morgan fingerprint density at radius 2 is 1.96 bits per heavy atom. The smallest absolute Gasteiger partial charge is 0.325 e. The molecule has 0 saturated carbocycles. The molecule has 1 saturated heterocycles. The summed E-state index contributed by atoms with van der Waals surface area (Å²) in [4.78, 5) is 8.53. The van der Waals surface area contributed by atoms with Crippen molar-refractivity contribution in [3.63, 3.8) is 0 Å². The minimum absolute atomic E-state index is 0.407. The molecule has 4 rings (SSSR count). The molecule has 2 aliphatic rings. The molecule has 0 spiro atoms. The van der Waals surface area contributed by atoms with Crippen LogP contribution in [-0.4, -0.2) is 42.0 Å². The summed E-state index contributed by atoms with van der Waals surface area (Å²) in [5.74, 6) is 1.66. The Hall–Kier alpha value is -2.02. The van der Waals surface area contributed by atoms with Crippen molar-refractivity contribution < 1.29 is 4.52 Å². The lowest BCUT2D eigenvalue weighted by atomic mass is 10.2. The van der Waals surface area contributed by atoms with Crippen molar-refractivity contribution in [1.82, 2.24) is 9.88 Å². The molecule has 136 valence electrons. The Morgan fingerprint density at radius 1 is 1.23 bits per heavy atom. The van der Waals surface area contributed by atoms with Gasteiger partial charge in [0.1, 0.15) is 0 Å². The van der Waals surface area contributed by atoms with Gasteiger partial charge in [-0.25, -0.2) is 4.98 Å². The van der Waals surface area contributed by atoms with Gasteiger partial charge in [0, 0.05) is 43.1 Å². The molecule has 7 nitrogen and oxygen atoms in total. The summed E-state index contributed by atoms with van der Waals surface area (Å²) in [6, 6.07) is 11.5. The molecule has 2 aromatic rings. The van der Waals surface area contributed by atoms with Crippen molar-refractivity contribution in [2.75, 3.05) is 36.2 Å². The summed E-state index contributed by atoms with van der Waals surface area (Å²) in [6.07, 6.45) is 1.68. The monoisotopic (exact) mass is 408 g/mol. The SMILES string of the molecule is N/C(=N\P1(=S)Nc2ncccc2O1)N1CCN(c2ccc(Cl)cc2)CC1. The number of aromatic nitrogens is 1. The number of nitrogens with one attached hydrogen (secondary N) is 1. The summed E-state index contributed by atoms with van der Waals surface area (Å²) in [7, 11) is 0. The number of hydrogen-bond donors (Lipinski definition) is 2. The molecule has 0 aliphatic carbocycles. The molecule has 10 heteroatoms. The number of halogens is 1. The van der Waals surface area contributed by atoms with E-state index in [1.165, 1.54) is 0 Å². The van der Waals surface area contributed by atoms with E-state index in [2.05, 4.69) is 19.7 Å². The Kier molecular flexibility index (Phi) is 4.65. The first kappa shape index (κ1) is 17.4. The van der Waals surface area contributed by atoms with Crippen molar-refractivity contribution >= 4 is 47.4 Å². The van der Waals surface area contributed by atoms with Crippen LogP contribution < -0.4 is 20.2 Å². The average Bonchev–Trinajstić information content (AvgIpc) is 2.98. The first-order chi connectivity index (χ1) is 12.5. The van der Waals surface area contributed by atoms with E-state index in [4.69, 9.17) is 33.7 Å². The van der Waals surface area contributed by atoms with Gasteiger partial charge >= 0.3 is 6.57 Å². The van der Waals surface area contributed by atoms with Gasteiger partial charge in [-0.1, -0.05) is 11.6 Å². The van der Waals surface area contributed by atoms with Gasteiger partial charge in [-0.15, -0.1) is 0 Å². The van der Waals surface area contributed by atoms with Gasteiger partial charge in [0.25, 0.3) is 0 Å². The summed E-state index contributed by atoms with van der Waals surface area (Å²) < 4.78 is 10.3. The third kappa shape index (κ3) is 3.58. The quantitative estimate of drug-likeness (QED) is 0.449. The van der Waals surface area contributed by atoms with Gasteiger partial charge in [0.15, 0.2) is 17.5 Å². The predicted molar refractivity (Wildman–Crippen MR) is 110 cm³/mol. The Bertz CT molecular complexity index is 856. The molecule has 1 atom stereocenters. The van der Waals surface area contributed by atoms with Crippen molar-refractivity contribution in [1.29, 1.82) is 0 Å². The number of anilines is 2. The second kappa shape index (κ2) is 6.95. The summed E-state index contributed by atoms with van der Waals surface area (Å²) >= 11 is 11.5. The van der Waals surface area contributed by atoms with E-state index in [0.717, 1.165) is 36.9 Å². The molecule has 1 aromatic heterocycles. The van der Waals surface area contributed by atoms with Crippen LogP contribution in [0.15, 0.2) is 47.4 Å².